The number of aromatic nitrogens is 1. The largest absolute Gasteiger partial charge is 0.241 e. The lowest BCUT2D eigenvalue weighted by Crippen LogP contribution is -2.31. The number of benzene rings is 1. The Hall–Kier alpha value is -0.600. The first-order valence-corrected chi connectivity index (χ1v) is 9.33. The van der Waals surface area contributed by atoms with Crippen LogP contribution in [0.15, 0.2) is 24.3 Å². The van der Waals surface area contributed by atoms with E-state index in [1.165, 1.54) is 41.8 Å². The van der Waals surface area contributed by atoms with Crippen molar-refractivity contribution in [1.82, 2.24) is 4.98 Å². The van der Waals surface area contributed by atoms with Gasteiger partial charge in [0.1, 0.15) is 0 Å². The van der Waals surface area contributed by atoms with Crippen LogP contribution in [-0.4, -0.2) is 10.4 Å². The standard InChI is InChI=1S/C18H24ClNS/c1-13(2)12-18(9-5-6-10-18)16(19)11-17-20-14-7-3-4-8-15(14)21-17/h3-4,7-8,13,16H,5-6,9-12H2,1-2H3. The second kappa shape index (κ2) is 6.26. The number of alkyl halides is 1. The van der Waals surface area contributed by atoms with Crippen molar-refractivity contribution < 1.29 is 0 Å². The summed E-state index contributed by atoms with van der Waals surface area (Å²) in [5, 5.41) is 1.43. The number of rotatable bonds is 5. The Morgan fingerprint density at radius 3 is 2.62 bits per heavy atom. The van der Waals surface area contributed by atoms with Crippen LogP contribution in [0.25, 0.3) is 10.2 Å². The third-order valence-electron chi connectivity index (χ3n) is 4.77. The van der Waals surface area contributed by atoms with Gasteiger partial charge in [0.2, 0.25) is 0 Å². The molecule has 1 fully saturated rings. The lowest BCUT2D eigenvalue weighted by molar-refractivity contribution is 0.221. The van der Waals surface area contributed by atoms with Crippen molar-refractivity contribution in [1.29, 1.82) is 0 Å². The molecule has 114 valence electrons. The normalized spacial score (nSPS) is 19.4. The number of halogens is 1. The Morgan fingerprint density at radius 1 is 1.24 bits per heavy atom. The minimum atomic E-state index is 0.225. The number of nitrogens with zero attached hydrogens (tertiary/aromatic N) is 1. The van der Waals surface area contributed by atoms with E-state index in [4.69, 9.17) is 16.6 Å². The van der Waals surface area contributed by atoms with Gasteiger partial charge in [0.25, 0.3) is 0 Å². The molecule has 2 aromatic rings. The number of hydrogen-bond acceptors (Lipinski definition) is 2. The lowest BCUT2D eigenvalue weighted by Gasteiger charge is -2.35. The van der Waals surface area contributed by atoms with Crippen LogP contribution in [0, 0.1) is 11.3 Å². The molecule has 0 aliphatic heterocycles. The summed E-state index contributed by atoms with van der Waals surface area (Å²) in [5.41, 5.74) is 1.46. The fourth-order valence-corrected chi connectivity index (χ4v) is 5.47. The van der Waals surface area contributed by atoms with Gasteiger partial charge in [0, 0.05) is 11.8 Å². The van der Waals surface area contributed by atoms with Gasteiger partial charge in [-0.05, 0) is 42.7 Å². The second-order valence-corrected chi connectivity index (χ2v) is 8.56. The van der Waals surface area contributed by atoms with Crippen molar-refractivity contribution >= 4 is 33.2 Å². The minimum absolute atomic E-state index is 0.225. The van der Waals surface area contributed by atoms with Crippen molar-refractivity contribution in [3.63, 3.8) is 0 Å². The fourth-order valence-electron chi connectivity index (χ4n) is 3.91. The van der Waals surface area contributed by atoms with E-state index in [1.807, 2.05) is 0 Å². The summed E-state index contributed by atoms with van der Waals surface area (Å²) in [6.45, 7) is 4.64. The van der Waals surface area contributed by atoms with Gasteiger partial charge in [-0.25, -0.2) is 4.98 Å². The summed E-state index contributed by atoms with van der Waals surface area (Å²) in [4.78, 5) is 4.77. The van der Waals surface area contributed by atoms with E-state index in [0.717, 1.165) is 17.9 Å². The summed E-state index contributed by atoms with van der Waals surface area (Å²) < 4.78 is 1.28. The average Bonchev–Trinajstić information content (AvgIpc) is 3.04. The molecule has 21 heavy (non-hydrogen) atoms. The molecule has 0 amide bonds. The molecule has 1 aliphatic carbocycles. The van der Waals surface area contributed by atoms with Gasteiger partial charge in [0.05, 0.1) is 15.2 Å². The molecule has 1 nitrogen and oxygen atoms in total. The predicted octanol–water partition coefficient (Wildman–Crippen LogP) is 6.05. The number of thiazole rings is 1. The van der Waals surface area contributed by atoms with Gasteiger partial charge in [0.15, 0.2) is 0 Å². The van der Waals surface area contributed by atoms with Crippen LogP contribution in [0.2, 0.25) is 0 Å². The van der Waals surface area contributed by atoms with Gasteiger partial charge in [-0.3, -0.25) is 0 Å². The molecule has 1 unspecified atom stereocenters. The zero-order chi connectivity index (χ0) is 14.9. The lowest BCUT2D eigenvalue weighted by atomic mass is 9.75. The molecule has 1 aromatic heterocycles. The van der Waals surface area contributed by atoms with E-state index >= 15 is 0 Å². The van der Waals surface area contributed by atoms with Crippen molar-refractivity contribution in [2.75, 3.05) is 0 Å². The summed E-state index contributed by atoms with van der Waals surface area (Å²) in [5.74, 6) is 0.722. The van der Waals surface area contributed by atoms with Crippen LogP contribution < -0.4 is 0 Å². The van der Waals surface area contributed by atoms with Crippen LogP contribution in [-0.2, 0) is 6.42 Å². The topological polar surface area (TPSA) is 12.9 Å². The van der Waals surface area contributed by atoms with E-state index in [-0.39, 0.29) is 5.38 Å². The Labute approximate surface area is 136 Å². The first-order chi connectivity index (χ1) is 10.1. The highest BCUT2D eigenvalue weighted by Crippen LogP contribution is 2.49. The quantitative estimate of drug-likeness (QED) is 0.610. The molecular weight excluding hydrogens is 298 g/mol. The molecule has 3 rings (SSSR count). The highest BCUT2D eigenvalue weighted by molar-refractivity contribution is 7.18. The maximum atomic E-state index is 6.92. The van der Waals surface area contributed by atoms with Gasteiger partial charge < -0.3 is 0 Å². The molecule has 0 saturated heterocycles. The smallest absolute Gasteiger partial charge is 0.0953 e. The van der Waals surface area contributed by atoms with E-state index in [0.29, 0.717) is 5.41 Å². The Balaban J connectivity index is 1.78. The summed E-state index contributed by atoms with van der Waals surface area (Å²) in [6, 6.07) is 8.39. The van der Waals surface area contributed by atoms with E-state index in [2.05, 4.69) is 38.1 Å². The molecule has 1 aliphatic rings. The van der Waals surface area contributed by atoms with Crippen molar-refractivity contribution in [3.05, 3.63) is 29.3 Å². The molecule has 1 aromatic carbocycles. The van der Waals surface area contributed by atoms with E-state index in [9.17, 15) is 0 Å². The highest BCUT2D eigenvalue weighted by Gasteiger charge is 2.40. The van der Waals surface area contributed by atoms with Crippen LogP contribution in [0.5, 0.6) is 0 Å². The van der Waals surface area contributed by atoms with Crippen LogP contribution in [0.3, 0.4) is 0 Å². The number of fused-ring (bicyclic) bond motifs is 1. The van der Waals surface area contributed by atoms with Crippen LogP contribution in [0.1, 0.15) is 51.0 Å². The number of hydrogen-bond donors (Lipinski definition) is 0. The number of para-hydroxylation sites is 1. The molecule has 0 bridgehead atoms. The van der Waals surface area contributed by atoms with E-state index in [1.54, 1.807) is 11.3 Å². The van der Waals surface area contributed by atoms with Gasteiger partial charge in [-0.1, -0.05) is 38.8 Å². The summed E-state index contributed by atoms with van der Waals surface area (Å²) in [6.07, 6.45) is 7.46. The molecule has 1 saturated carbocycles. The van der Waals surface area contributed by atoms with Crippen molar-refractivity contribution in [2.24, 2.45) is 11.3 Å². The average molecular weight is 322 g/mol. The zero-order valence-corrected chi connectivity index (χ0v) is 14.5. The molecular formula is C18H24ClNS. The van der Waals surface area contributed by atoms with Crippen molar-refractivity contribution in [2.45, 2.75) is 57.7 Å². The van der Waals surface area contributed by atoms with E-state index < -0.39 is 0 Å². The van der Waals surface area contributed by atoms with Gasteiger partial charge >= 0.3 is 0 Å². The molecule has 1 atom stereocenters. The zero-order valence-electron chi connectivity index (χ0n) is 12.9. The summed E-state index contributed by atoms with van der Waals surface area (Å²) >= 11 is 8.72. The first-order valence-electron chi connectivity index (χ1n) is 8.08. The minimum Gasteiger partial charge on any atom is -0.241 e. The second-order valence-electron chi connectivity index (χ2n) is 6.91. The summed E-state index contributed by atoms with van der Waals surface area (Å²) in [7, 11) is 0. The monoisotopic (exact) mass is 321 g/mol. The first kappa shape index (κ1) is 15.3. The molecule has 0 radical (unpaired) electrons. The maximum Gasteiger partial charge on any atom is 0.0953 e. The fraction of sp³-hybridized carbons (Fsp3) is 0.611. The van der Waals surface area contributed by atoms with Crippen molar-refractivity contribution in [3.8, 4) is 0 Å². The SMILES string of the molecule is CC(C)CC1(C(Cl)Cc2nc3ccccc3s2)CCCC1. The molecule has 1 heterocycles. The molecule has 3 heteroatoms. The maximum absolute atomic E-state index is 6.92. The Morgan fingerprint density at radius 2 is 1.95 bits per heavy atom. The Kier molecular flexibility index (Phi) is 4.56. The molecule has 0 spiro atoms. The third-order valence-corrected chi connectivity index (χ3v) is 6.45. The molecule has 0 N–H and O–H groups in total. The van der Waals surface area contributed by atoms with Gasteiger partial charge in [-0.15, -0.1) is 22.9 Å². The third kappa shape index (κ3) is 3.27. The van der Waals surface area contributed by atoms with Crippen LogP contribution in [0.4, 0.5) is 0 Å². The highest BCUT2D eigenvalue weighted by atomic mass is 35.5. The predicted molar refractivity (Wildman–Crippen MR) is 93.3 cm³/mol. The van der Waals surface area contributed by atoms with Crippen LogP contribution >= 0.6 is 22.9 Å². The Bertz CT molecular complexity index is 565. The van der Waals surface area contributed by atoms with Gasteiger partial charge in [-0.2, -0.15) is 0 Å².